The summed E-state index contributed by atoms with van der Waals surface area (Å²) in [5, 5.41) is 2.33. The van der Waals surface area contributed by atoms with Gasteiger partial charge in [-0.25, -0.2) is 4.79 Å². The lowest BCUT2D eigenvalue weighted by atomic mass is 9.66. The fourth-order valence-corrected chi connectivity index (χ4v) is 2.76. The molecule has 3 fully saturated rings. The lowest BCUT2D eigenvalue weighted by Gasteiger charge is -2.44. The van der Waals surface area contributed by atoms with Gasteiger partial charge in [-0.3, -0.25) is 19.8 Å². The normalized spacial score (nSPS) is 34.6. The number of urea groups is 1. The van der Waals surface area contributed by atoms with Crippen molar-refractivity contribution in [3.8, 4) is 0 Å². The van der Waals surface area contributed by atoms with Crippen LogP contribution in [0.15, 0.2) is 0 Å². The third kappa shape index (κ3) is 1.41. The molecule has 5 nitrogen and oxygen atoms in total. The predicted octanol–water partition coefficient (Wildman–Crippen LogP) is 0.891. The lowest BCUT2D eigenvalue weighted by molar-refractivity contribution is -0.157. The van der Waals surface area contributed by atoms with Crippen LogP contribution in [0.2, 0.25) is 0 Å². The van der Waals surface area contributed by atoms with Crippen LogP contribution in [-0.2, 0) is 9.59 Å². The molecular formula is C12H16N2O3. The van der Waals surface area contributed by atoms with E-state index in [0.29, 0.717) is 31.2 Å². The third-order valence-corrected chi connectivity index (χ3v) is 4.46. The SMILES string of the molecule is CC1CC1CN1C(=O)NC(=O)C2(CCC2)C1=O. The Morgan fingerprint density at radius 1 is 1.35 bits per heavy atom. The van der Waals surface area contributed by atoms with E-state index in [4.69, 9.17) is 0 Å². The van der Waals surface area contributed by atoms with Gasteiger partial charge in [-0.1, -0.05) is 13.3 Å². The minimum Gasteiger partial charge on any atom is -0.277 e. The Bertz CT molecular complexity index is 414. The molecule has 1 saturated heterocycles. The molecule has 2 unspecified atom stereocenters. The maximum absolute atomic E-state index is 12.3. The molecule has 2 saturated carbocycles. The second-order valence-corrected chi connectivity index (χ2v) is 5.58. The summed E-state index contributed by atoms with van der Waals surface area (Å²) in [6.45, 7) is 2.59. The molecular weight excluding hydrogens is 220 g/mol. The van der Waals surface area contributed by atoms with Crippen molar-refractivity contribution in [2.75, 3.05) is 6.54 Å². The van der Waals surface area contributed by atoms with Gasteiger partial charge in [0.05, 0.1) is 0 Å². The van der Waals surface area contributed by atoms with Crippen LogP contribution in [0.5, 0.6) is 0 Å². The number of amides is 4. The number of imide groups is 2. The van der Waals surface area contributed by atoms with Crippen molar-refractivity contribution >= 4 is 17.8 Å². The molecule has 2 aliphatic carbocycles. The van der Waals surface area contributed by atoms with Gasteiger partial charge in [0.1, 0.15) is 5.41 Å². The number of carbonyl (C=O) groups is 3. The first-order valence-electron chi connectivity index (χ1n) is 6.22. The van der Waals surface area contributed by atoms with E-state index in [-0.39, 0.29) is 11.8 Å². The van der Waals surface area contributed by atoms with Gasteiger partial charge in [0.2, 0.25) is 11.8 Å². The average molecular weight is 236 g/mol. The number of hydrogen-bond acceptors (Lipinski definition) is 3. The zero-order valence-corrected chi connectivity index (χ0v) is 9.86. The van der Waals surface area contributed by atoms with E-state index >= 15 is 0 Å². The second kappa shape index (κ2) is 3.31. The van der Waals surface area contributed by atoms with Gasteiger partial charge in [0.15, 0.2) is 0 Å². The molecule has 0 aromatic heterocycles. The van der Waals surface area contributed by atoms with Crippen molar-refractivity contribution in [2.45, 2.75) is 32.6 Å². The number of barbiturate groups is 1. The van der Waals surface area contributed by atoms with Crippen LogP contribution < -0.4 is 5.32 Å². The molecule has 5 heteroatoms. The van der Waals surface area contributed by atoms with Gasteiger partial charge >= 0.3 is 6.03 Å². The Morgan fingerprint density at radius 2 is 2.00 bits per heavy atom. The molecule has 0 bridgehead atoms. The highest BCUT2D eigenvalue weighted by Crippen LogP contribution is 2.46. The fourth-order valence-electron chi connectivity index (χ4n) is 2.76. The predicted molar refractivity (Wildman–Crippen MR) is 58.8 cm³/mol. The Hall–Kier alpha value is -1.39. The summed E-state index contributed by atoms with van der Waals surface area (Å²) in [4.78, 5) is 37.0. The molecule has 92 valence electrons. The molecule has 0 aromatic rings. The van der Waals surface area contributed by atoms with Crippen molar-refractivity contribution < 1.29 is 14.4 Å². The van der Waals surface area contributed by atoms with E-state index < -0.39 is 11.4 Å². The van der Waals surface area contributed by atoms with Crippen LogP contribution in [0, 0.1) is 17.3 Å². The first kappa shape index (κ1) is 10.7. The van der Waals surface area contributed by atoms with Crippen molar-refractivity contribution in [3.05, 3.63) is 0 Å². The Morgan fingerprint density at radius 3 is 2.47 bits per heavy atom. The summed E-state index contributed by atoms with van der Waals surface area (Å²) in [6.07, 6.45) is 3.13. The maximum Gasteiger partial charge on any atom is 0.330 e. The third-order valence-electron chi connectivity index (χ3n) is 4.46. The molecule has 1 heterocycles. The van der Waals surface area contributed by atoms with Gasteiger partial charge in [-0.05, 0) is 31.1 Å². The van der Waals surface area contributed by atoms with Crippen LogP contribution >= 0.6 is 0 Å². The standard InChI is InChI=1S/C12H16N2O3/c1-7-5-8(7)6-14-10(16)12(3-2-4-12)9(15)13-11(14)17/h7-8H,2-6H2,1H3,(H,13,15,17). The van der Waals surface area contributed by atoms with Gasteiger partial charge in [0, 0.05) is 6.54 Å². The summed E-state index contributed by atoms with van der Waals surface area (Å²) in [5.74, 6) is 0.357. The van der Waals surface area contributed by atoms with E-state index in [1.54, 1.807) is 0 Å². The number of rotatable bonds is 2. The van der Waals surface area contributed by atoms with E-state index in [0.717, 1.165) is 12.8 Å². The van der Waals surface area contributed by atoms with Gasteiger partial charge < -0.3 is 0 Å². The summed E-state index contributed by atoms with van der Waals surface area (Å²) < 4.78 is 0. The van der Waals surface area contributed by atoms with Crippen LogP contribution in [-0.4, -0.2) is 29.3 Å². The monoisotopic (exact) mass is 236 g/mol. The van der Waals surface area contributed by atoms with E-state index in [9.17, 15) is 14.4 Å². The number of carbonyl (C=O) groups excluding carboxylic acids is 3. The van der Waals surface area contributed by atoms with Crippen molar-refractivity contribution in [2.24, 2.45) is 17.3 Å². The lowest BCUT2D eigenvalue weighted by Crippen LogP contribution is -2.66. The Kier molecular flexibility index (Phi) is 2.09. The van der Waals surface area contributed by atoms with E-state index in [1.165, 1.54) is 4.90 Å². The molecule has 2 atom stereocenters. The molecule has 1 spiro atoms. The topological polar surface area (TPSA) is 66.5 Å². The minimum absolute atomic E-state index is 0.267. The van der Waals surface area contributed by atoms with Gasteiger partial charge in [0.25, 0.3) is 0 Å². The van der Waals surface area contributed by atoms with Gasteiger partial charge in [-0.2, -0.15) is 0 Å². The van der Waals surface area contributed by atoms with Crippen LogP contribution in [0.3, 0.4) is 0 Å². The zero-order valence-electron chi connectivity index (χ0n) is 9.86. The first-order valence-corrected chi connectivity index (χ1v) is 6.22. The molecule has 1 N–H and O–H groups in total. The summed E-state index contributed by atoms with van der Waals surface area (Å²) >= 11 is 0. The van der Waals surface area contributed by atoms with Crippen LogP contribution in [0.4, 0.5) is 4.79 Å². The first-order chi connectivity index (χ1) is 8.04. The summed E-state index contributed by atoms with van der Waals surface area (Å²) in [7, 11) is 0. The summed E-state index contributed by atoms with van der Waals surface area (Å²) in [5.41, 5.74) is -0.911. The molecule has 1 aliphatic heterocycles. The molecule has 0 radical (unpaired) electrons. The molecule has 3 aliphatic rings. The second-order valence-electron chi connectivity index (χ2n) is 5.58. The molecule has 4 amide bonds. The highest BCUT2D eigenvalue weighted by molar-refractivity contribution is 6.19. The summed E-state index contributed by atoms with van der Waals surface area (Å²) in [6, 6.07) is -0.531. The highest BCUT2D eigenvalue weighted by Gasteiger charge is 2.57. The van der Waals surface area contributed by atoms with Gasteiger partial charge in [-0.15, -0.1) is 0 Å². The highest BCUT2D eigenvalue weighted by atomic mass is 16.2. The largest absolute Gasteiger partial charge is 0.330 e. The molecule has 3 rings (SSSR count). The fraction of sp³-hybridized carbons (Fsp3) is 0.750. The van der Waals surface area contributed by atoms with Crippen LogP contribution in [0.1, 0.15) is 32.6 Å². The zero-order chi connectivity index (χ0) is 12.2. The van der Waals surface area contributed by atoms with Crippen molar-refractivity contribution in [3.63, 3.8) is 0 Å². The Balaban J connectivity index is 1.80. The maximum atomic E-state index is 12.3. The number of nitrogens with zero attached hydrogens (tertiary/aromatic N) is 1. The van der Waals surface area contributed by atoms with Crippen molar-refractivity contribution in [1.29, 1.82) is 0 Å². The quantitative estimate of drug-likeness (QED) is 0.724. The minimum atomic E-state index is -0.911. The average Bonchev–Trinajstić information content (AvgIpc) is 2.87. The molecule has 0 aromatic carbocycles. The number of nitrogens with one attached hydrogen (secondary N) is 1. The van der Waals surface area contributed by atoms with Crippen molar-refractivity contribution in [1.82, 2.24) is 10.2 Å². The smallest absolute Gasteiger partial charge is 0.277 e. The molecule has 17 heavy (non-hydrogen) atoms. The van der Waals surface area contributed by atoms with Crippen LogP contribution in [0.25, 0.3) is 0 Å². The Labute approximate surface area is 99.5 Å². The number of hydrogen-bond donors (Lipinski definition) is 1. The van der Waals surface area contributed by atoms with E-state index in [2.05, 4.69) is 12.2 Å². The van der Waals surface area contributed by atoms with E-state index in [1.807, 2.05) is 0 Å².